The van der Waals surface area contributed by atoms with Crippen molar-refractivity contribution in [2.45, 2.75) is 0 Å². The molecule has 0 fully saturated rings. The zero-order valence-electron chi connectivity index (χ0n) is 9.88. The van der Waals surface area contributed by atoms with Crippen LogP contribution in [0.5, 0.6) is 0 Å². The molecule has 0 bridgehead atoms. The van der Waals surface area contributed by atoms with Crippen LogP contribution in [-0.2, 0) is 0 Å². The Balaban J connectivity index is 2.16. The number of nitrogens with one attached hydrogen (secondary N) is 1. The molecular formula is C14H10ClN3O. The minimum absolute atomic E-state index is 0.104. The van der Waals surface area contributed by atoms with Crippen LogP contribution in [0.4, 0.5) is 5.69 Å². The van der Waals surface area contributed by atoms with Crippen molar-refractivity contribution in [3.63, 3.8) is 0 Å². The standard InChI is InChI=1S/C14H10ClN3O/c15-14-16-12-9-5-4-8-11(12)13(19)18(14)17-10-6-2-1-3-7-10/h1-9,17H. The lowest BCUT2D eigenvalue weighted by atomic mass is 10.2. The van der Waals surface area contributed by atoms with Crippen LogP contribution in [0.3, 0.4) is 0 Å². The molecule has 0 unspecified atom stereocenters. The van der Waals surface area contributed by atoms with Crippen molar-refractivity contribution in [1.82, 2.24) is 9.66 Å². The number of nitrogens with zero attached hydrogens (tertiary/aromatic N) is 2. The van der Waals surface area contributed by atoms with Gasteiger partial charge in [0.05, 0.1) is 16.6 Å². The Kier molecular flexibility index (Phi) is 2.93. The average molecular weight is 272 g/mol. The van der Waals surface area contributed by atoms with Crippen molar-refractivity contribution in [3.8, 4) is 0 Å². The summed E-state index contributed by atoms with van der Waals surface area (Å²) in [6.45, 7) is 0. The molecule has 2 aromatic carbocycles. The summed E-state index contributed by atoms with van der Waals surface area (Å²) in [6.07, 6.45) is 0. The van der Waals surface area contributed by atoms with Gasteiger partial charge < -0.3 is 0 Å². The Morgan fingerprint density at radius 2 is 1.68 bits per heavy atom. The van der Waals surface area contributed by atoms with Crippen molar-refractivity contribution >= 4 is 28.2 Å². The lowest BCUT2D eigenvalue weighted by molar-refractivity contribution is 0.881. The molecule has 1 aromatic heterocycles. The normalized spacial score (nSPS) is 10.6. The number of aromatic nitrogens is 2. The number of rotatable bonds is 2. The number of hydrogen-bond acceptors (Lipinski definition) is 3. The fourth-order valence-electron chi connectivity index (χ4n) is 1.84. The number of halogens is 1. The zero-order chi connectivity index (χ0) is 13.2. The van der Waals surface area contributed by atoms with E-state index in [1.807, 2.05) is 36.4 Å². The van der Waals surface area contributed by atoms with E-state index in [4.69, 9.17) is 11.6 Å². The van der Waals surface area contributed by atoms with E-state index in [2.05, 4.69) is 10.4 Å². The summed E-state index contributed by atoms with van der Waals surface area (Å²) in [5.41, 5.74) is 4.07. The Morgan fingerprint density at radius 1 is 1.00 bits per heavy atom. The number of para-hydroxylation sites is 2. The molecule has 0 saturated carbocycles. The summed E-state index contributed by atoms with van der Waals surface area (Å²) >= 11 is 6.05. The molecule has 0 saturated heterocycles. The fourth-order valence-corrected chi connectivity index (χ4v) is 2.05. The molecule has 0 spiro atoms. The van der Waals surface area contributed by atoms with Gasteiger partial charge >= 0.3 is 0 Å². The average Bonchev–Trinajstić information content (AvgIpc) is 2.45. The van der Waals surface area contributed by atoms with Crippen molar-refractivity contribution in [3.05, 3.63) is 70.2 Å². The SMILES string of the molecule is O=c1c2ccccc2nc(Cl)n1Nc1ccccc1. The van der Waals surface area contributed by atoms with Gasteiger partial charge in [-0.1, -0.05) is 30.3 Å². The van der Waals surface area contributed by atoms with Crippen LogP contribution in [0, 0.1) is 0 Å². The molecule has 0 radical (unpaired) electrons. The van der Waals surface area contributed by atoms with Crippen molar-refractivity contribution in [2.75, 3.05) is 5.43 Å². The second-order valence-corrected chi connectivity index (χ2v) is 4.35. The third kappa shape index (κ3) is 2.18. The third-order valence-corrected chi connectivity index (χ3v) is 3.00. The Labute approximate surface area is 114 Å². The van der Waals surface area contributed by atoms with Gasteiger partial charge in [0.2, 0.25) is 5.28 Å². The van der Waals surface area contributed by atoms with Crippen molar-refractivity contribution in [1.29, 1.82) is 0 Å². The molecular weight excluding hydrogens is 262 g/mol. The van der Waals surface area contributed by atoms with Gasteiger partial charge in [-0.15, -0.1) is 0 Å². The van der Waals surface area contributed by atoms with Gasteiger partial charge in [-0.3, -0.25) is 10.2 Å². The summed E-state index contributed by atoms with van der Waals surface area (Å²) in [4.78, 5) is 16.5. The topological polar surface area (TPSA) is 46.9 Å². The van der Waals surface area contributed by atoms with E-state index < -0.39 is 0 Å². The van der Waals surface area contributed by atoms with E-state index in [9.17, 15) is 4.79 Å². The molecule has 3 rings (SSSR count). The highest BCUT2D eigenvalue weighted by Gasteiger charge is 2.08. The first-order chi connectivity index (χ1) is 9.25. The van der Waals surface area contributed by atoms with Crippen LogP contribution >= 0.6 is 11.6 Å². The Hall–Kier alpha value is -2.33. The van der Waals surface area contributed by atoms with E-state index in [0.29, 0.717) is 10.9 Å². The number of anilines is 1. The van der Waals surface area contributed by atoms with Crippen LogP contribution < -0.4 is 11.0 Å². The summed E-state index contributed by atoms with van der Waals surface area (Å²) < 4.78 is 1.24. The molecule has 94 valence electrons. The van der Waals surface area contributed by atoms with Crippen LogP contribution in [0.25, 0.3) is 10.9 Å². The minimum Gasteiger partial charge on any atom is -0.289 e. The molecule has 0 amide bonds. The maximum atomic E-state index is 12.3. The van der Waals surface area contributed by atoms with Crippen molar-refractivity contribution < 1.29 is 0 Å². The Bertz CT molecular complexity index is 784. The van der Waals surface area contributed by atoms with Gasteiger partial charge in [-0.25, -0.2) is 4.98 Å². The summed E-state index contributed by atoms with van der Waals surface area (Å²) in [5, 5.41) is 0.628. The summed E-state index contributed by atoms with van der Waals surface area (Å²) in [6, 6.07) is 16.4. The van der Waals surface area contributed by atoms with E-state index in [-0.39, 0.29) is 10.8 Å². The fraction of sp³-hybridized carbons (Fsp3) is 0. The molecule has 0 aliphatic heterocycles. The van der Waals surface area contributed by atoms with E-state index >= 15 is 0 Å². The van der Waals surface area contributed by atoms with Gasteiger partial charge in [0.15, 0.2) is 0 Å². The monoisotopic (exact) mass is 271 g/mol. The van der Waals surface area contributed by atoms with Gasteiger partial charge in [0.1, 0.15) is 0 Å². The number of fused-ring (bicyclic) bond motifs is 1. The lowest BCUT2D eigenvalue weighted by Crippen LogP contribution is -2.28. The van der Waals surface area contributed by atoms with E-state index in [0.717, 1.165) is 5.69 Å². The van der Waals surface area contributed by atoms with Gasteiger partial charge in [-0.2, -0.15) is 4.68 Å². The van der Waals surface area contributed by atoms with Gasteiger partial charge in [-0.05, 0) is 35.9 Å². The minimum atomic E-state index is -0.223. The van der Waals surface area contributed by atoms with Crippen LogP contribution in [0.1, 0.15) is 0 Å². The predicted octanol–water partition coefficient (Wildman–Crippen LogP) is 2.93. The molecule has 19 heavy (non-hydrogen) atoms. The molecule has 0 atom stereocenters. The Morgan fingerprint density at radius 3 is 2.47 bits per heavy atom. The summed E-state index contributed by atoms with van der Waals surface area (Å²) in [5.74, 6) is 0. The van der Waals surface area contributed by atoms with Crippen molar-refractivity contribution in [2.24, 2.45) is 0 Å². The van der Waals surface area contributed by atoms with Crippen LogP contribution in [0.2, 0.25) is 5.28 Å². The first-order valence-corrected chi connectivity index (χ1v) is 6.13. The molecule has 1 heterocycles. The van der Waals surface area contributed by atoms with E-state index in [1.165, 1.54) is 4.68 Å². The van der Waals surface area contributed by atoms with Gasteiger partial charge in [0.25, 0.3) is 5.56 Å². The molecule has 3 aromatic rings. The highest BCUT2D eigenvalue weighted by Crippen LogP contribution is 2.12. The largest absolute Gasteiger partial charge is 0.289 e. The first-order valence-electron chi connectivity index (χ1n) is 5.75. The van der Waals surface area contributed by atoms with Crippen LogP contribution in [0.15, 0.2) is 59.4 Å². The number of benzene rings is 2. The maximum Gasteiger partial charge on any atom is 0.281 e. The second-order valence-electron chi connectivity index (χ2n) is 4.02. The van der Waals surface area contributed by atoms with E-state index in [1.54, 1.807) is 18.2 Å². The number of hydrogen-bond donors (Lipinski definition) is 1. The first kappa shape index (κ1) is 11.7. The maximum absolute atomic E-state index is 12.3. The second kappa shape index (κ2) is 4.74. The highest BCUT2D eigenvalue weighted by molar-refractivity contribution is 6.28. The highest BCUT2D eigenvalue weighted by atomic mass is 35.5. The zero-order valence-corrected chi connectivity index (χ0v) is 10.6. The molecule has 1 N–H and O–H groups in total. The molecule has 5 heteroatoms. The smallest absolute Gasteiger partial charge is 0.281 e. The van der Waals surface area contributed by atoms with Gasteiger partial charge in [0, 0.05) is 0 Å². The summed E-state index contributed by atoms with van der Waals surface area (Å²) in [7, 11) is 0. The molecule has 4 nitrogen and oxygen atoms in total. The quantitative estimate of drug-likeness (QED) is 0.729. The third-order valence-electron chi connectivity index (χ3n) is 2.75. The lowest BCUT2D eigenvalue weighted by Gasteiger charge is -2.11. The van der Waals surface area contributed by atoms with Crippen LogP contribution in [-0.4, -0.2) is 9.66 Å². The molecule has 0 aliphatic rings. The molecule has 0 aliphatic carbocycles. The predicted molar refractivity (Wildman–Crippen MR) is 76.5 cm³/mol.